The van der Waals surface area contributed by atoms with Crippen LogP contribution in [0, 0.1) is 23.7 Å². The minimum absolute atomic E-state index is 0.00823. The number of hydrogen-bond acceptors (Lipinski definition) is 2. The van der Waals surface area contributed by atoms with E-state index >= 15 is 0 Å². The molecular weight excluding hydrogens is 238 g/mol. The van der Waals surface area contributed by atoms with Crippen LogP contribution in [-0.2, 0) is 4.79 Å². The van der Waals surface area contributed by atoms with Crippen LogP contribution < -0.4 is 5.32 Å². The maximum atomic E-state index is 11.5. The van der Waals surface area contributed by atoms with Crippen LogP contribution in [0.25, 0.3) is 0 Å². The Morgan fingerprint density at radius 1 is 1.16 bits per heavy atom. The molecule has 19 heavy (non-hydrogen) atoms. The van der Waals surface area contributed by atoms with E-state index in [0.29, 0.717) is 24.0 Å². The van der Waals surface area contributed by atoms with Crippen LogP contribution in [0.4, 0.5) is 0 Å². The number of hydrogen-bond donors (Lipinski definition) is 2. The molecule has 4 atom stereocenters. The van der Waals surface area contributed by atoms with Gasteiger partial charge in [0.25, 0.3) is 0 Å². The van der Waals surface area contributed by atoms with Gasteiger partial charge in [-0.15, -0.1) is 0 Å². The first-order valence-corrected chi connectivity index (χ1v) is 7.64. The second kappa shape index (κ2) is 6.56. The average molecular weight is 265 g/mol. The molecule has 2 aliphatic carbocycles. The monoisotopic (exact) mass is 265 g/mol. The maximum Gasteiger partial charge on any atom is 0.246 e. The van der Waals surface area contributed by atoms with Gasteiger partial charge in [-0.25, -0.2) is 0 Å². The van der Waals surface area contributed by atoms with Crippen molar-refractivity contribution < 1.29 is 9.90 Å². The summed E-state index contributed by atoms with van der Waals surface area (Å²) < 4.78 is 0. The summed E-state index contributed by atoms with van der Waals surface area (Å²) in [6.07, 6.45) is 7.40. The van der Waals surface area contributed by atoms with Crippen LogP contribution in [0.15, 0.2) is 12.2 Å². The molecule has 0 radical (unpaired) electrons. The normalized spacial score (nSPS) is 34.4. The van der Waals surface area contributed by atoms with Crippen molar-refractivity contribution >= 4 is 5.91 Å². The van der Waals surface area contributed by atoms with Crippen LogP contribution in [-0.4, -0.2) is 24.2 Å². The molecule has 0 aromatic carbocycles. The average Bonchev–Trinajstić information content (AvgIpc) is 2.43. The van der Waals surface area contributed by atoms with E-state index in [4.69, 9.17) is 0 Å². The Kier molecular flexibility index (Phi) is 5.03. The van der Waals surface area contributed by atoms with Gasteiger partial charge in [-0.1, -0.05) is 6.58 Å². The molecular formula is C16H27NO2. The van der Waals surface area contributed by atoms with Crippen molar-refractivity contribution in [2.45, 2.75) is 45.4 Å². The lowest BCUT2D eigenvalue weighted by atomic mass is 9.65. The molecule has 1 amide bonds. The van der Waals surface area contributed by atoms with E-state index in [9.17, 15) is 9.90 Å². The first kappa shape index (κ1) is 14.6. The molecule has 4 unspecified atom stereocenters. The van der Waals surface area contributed by atoms with E-state index < -0.39 is 0 Å². The SMILES string of the molecule is C=C(C)C(=O)NCC1CCC2CC(CO)CCC2C1. The van der Waals surface area contributed by atoms with Crippen LogP contribution in [0.1, 0.15) is 45.4 Å². The molecule has 0 heterocycles. The molecule has 2 N–H and O–H groups in total. The minimum atomic E-state index is -0.00823. The minimum Gasteiger partial charge on any atom is -0.396 e. The Morgan fingerprint density at radius 2 is 1.74 bits per heavy atom. The fourth-order valence-electron chi connectivity index (χ4n) is 3.82. The Balaban J connectivity index is 1.77. The van der Waals surface area contributed by atoms with Gasteiger partial charge >= 0.3 is 0 Å². The Morgan fingerprint density at radius 3 is 2.32 bits per heavy atom. The largest absolute Gasteiger partial charge is 0.396 e. The maximum absolute atomic E-state index is 11.5. The first-order chi connectivity index (χ1) is 9.10. The summed E-state index contributed by atoms with van der Waals surface area (Å²) in [6.45, 7) is 6.59. The van der Waals surface area contributed by atoms with E-state index in [1.807, 2.05) is 0 Å². The van der Waals surface area contributed by atoms with E-state index in [1.165, 1.54) is 38.5 Å². The summed E-state index contributed by atoms with van der Waals surface area (Å²) in [5.41, 5.74) is 0.595. The molecule has 108 valence electrons. The lowest BCUT2D eigenvalue weighted by molar-refractivity contribution is -0.117. The molecule has 0 bridgehead atoms. The van der Waals surface area contributed by atoms with Crippen molar-refractivity contribution in [3.8, 4) is 0 Å². The summed E-state index contributed by atoms with van der Waals surface area (Å²) in [5.74, 6) is 2.81. The standard InChI is InChI=1S/C16H27NO2/c1-11(2)16(19)17-9-12-3-5-15-8-13(10-18)4-6-14(15)7-12/h12-15,18H,1,3-10H2,2H3,(H,17,19). The van der Waals surface area contributed by atoms with Crippen LogP contribution in [0.3, 0.4) is 0 Å². The number of amides is 1. The van der Waals surface area contributed by atoms with E-state index in [0.717, 1.165) is 18.4 Å². The molecule has 2 rings (SSSR count). The predicted octanol–water partition coefficient (Wildman–Crippen LogP) is 2.50. The summed E-state index contributed by atoms with van der Waals surface area (Å²) in [4.78, 5) is 11.5. The number of fused-ring (bicyclic) bond motifs is 1. The summed E-state index contributed by atoms with van der Waals surface area (Å²) >= 11 is 0. The Labute approximate surface area is 116 Å². The molecule has 0 saturated heterocycles. The lowest BCUT2D eigenvalue weighted by Gasteiger charge is -2.41. The number of carbonyl (C=O) groups is 1. The Hall–Kier alpha value is -0.830. The van der Waals surface area contributed by atoms with Gasteiger partial charge in [0.1, 0.15) is 0 Å². The fourth-order valence-corrected chi connectivity index (χ4v) is 3.82. The molecule has 0 aromatic heterocycles. The van der Waals surface area contributed by atoms with Gasteiger partial charge in [0, 0.05) is 18.7 Å². The van der Waals surface area contributed by atoms with E-state index in [2.05, 4.69) is 11.9 Å². The van der Waals surface area contributed by atoms with Gasteiger partial charge in [0.2, 0.25) is 5.91 Å². The molecule has 2 aliphatic rings. The van der Waals surface area contributed by atoms with E-state index in [1.54, 1.807) is 6.92 Å². The molecule has 2 saturated carbocycles. The smallest absolute Gasteiger partial charge is 0.246 e. The lowest BCUT2D eigenvalue weighted by Crippen LogP contribution is -2.37. The van der Waals surface area contributed by atoms with Gasteiger partial charge in [0.05, 0.1) is 0 Å². The zero-order valence-corrected chi connectivity index (χ0v) is 12.0. The third-order valence-electron chi connectivity index (χ3n) is 5.03. The number of carbonyl (C=O) groups excluding carboxylic acids is 1. The molecule has 0 aromatic rings. The van der Waals surface area contributed by atoms with Crippen molar-refractivity contribution in [3.05, 3.63) is 12.2 Å². The third kappa shape index (κ3) is 3.82. The second-order valence-corrected chi connectivity index (χ2v) is 6.55. The highest BCUT2D eigenvalue weighted by Crippen LogP contribution is 2.44. The quantitative estimate of drug-likeness (QED) is 0.767. The van der Waals surface area contributed by atoms with Crippen molar-refractivity contribution in [2.24, 2.45) is 23.7 Å². The summed E-state index contributed by atoms with van der Waals surface area (Å²) in [6, 6.07) is 0. The molecule has 0 aliphatic heterocycles. The predicted molar refractivity (Wildman–Crippen MR) is 76.6 cm³/mol. The van der Waals surface area contributed by atoms with Crippen LogP contribution in [0.5, 0.6) is 0 Å². The van der Waals surface area contributed by atoms with Gasteiger partial charge in [-0.3, -0.25) is 4.79 Å². The second-order valence-electron chi connectivity index (χ2n) is 6.55. The van der Waals surface area contributed by atoms with Crippen molar-refractivity contribution in [1.82, 2.24) is 5.32 Å². The Bertz CT molecular complexity index is 340. The molecule has 3 heteroatoms. The number of aliphatic hydroxyl groups excluding tert-OH is 1. The zero-order chi connectivity index (χ0) is 13.8. The highest BCUT2D eigenvalue weighted by atomic mass is 16.3. The van der Waals surface area contributed by atoms with Crippen molar-refractivity contribution in [3.63, 3.8) is 0 Å². The third-order valence-corrected chi connectivity index (χ3v) is 5.03. The van der Waals surface area contributed by atoms with Crippen LogP contribution >= 0.6 is 0 Å². The number of rotatable bonds is 4. The first-order valence-electron chi connectivity index (χ1n) is 7.64. The van der Waals surface area contributed by atoms with Gasteiger partial charge in [0.15, 0.2) is 0 Å². The van der Waals surface area contributed by atoms with Gasteiger partial charge < -0.3 is 10.4 Å². The van der Waals surface area contributed by atoms with Gasteiger partial charge in [-0.2, -0.15) is 0 Å². The highest BCUT2D eigenvalue weighted by molar-refractivity contribution is 5.92. The van der Waals surface area contributed by atoms with Crippen molar-refractivity contribution in [1.29, 1.82) is 0 Å². The fraction of sp³-hybridized carbons (Fsp3) is 0.812. The molecule has 0 spiro atoms. The number of nitrogens with one attached hydrogen (secondary N) is 1. The van der Waals surface area contributed by atoms with Crippen LogP contribution in [0.2, 0.25) is 0 Å². The van der Waals surface area contributed by atoms with E-state index in [-0.39, 0.29) is 5.91 Å². The summed E-state index contributed by atoms with van der Waals surface area (Å²) in [7, 11) is 0. The highest BCUT2D eigenvalue weighted by Gasteiger charge is 2.35. The van der Waals surface area contributed by atoms with Gasteiger partial charge in [-0.05, 0) is 69.1 Å². The number of aliphatic hydroxyl groups is 1. The topological polar surface area (TPSA) is 49.3 Å². The van der Waals surface area contributed by atoms with Crippen molar-refractivity contribution in [2.75, 3.05) is 13.2 Å². The summed E-state index contributed by atoms with van der Waals surface area (Å²) in [5, 5.41) is 12.3. The molecule has 3 nitrogen and oxygen atoms in total. The zero-order valence-electron chi connectivity index (χ0n) is 12.0. The molecule has 2 fully saturated rings.